The molecule has 0 atom stereocenters. The monoisotopic (exact) mass is 189 g/mol. The van der Waals surface area contributed by atoms with Crippen LogP contribution in [0.1, 0.15) is 6.42 Å². The highest BCUT2D eigenvalue weighted by atomic mass is 16.1. The van der Waals surface area contributed by atoms with Crippen LogP contribution in [0, 0.1) is 11.3 Å². The van der Waals surface area contributed by atoms with Crippen molar-refractivity contribution in [3.05, 3.63) is 23.0 Å². The van der Waals surface area contributed by atoms with Gasteiger partial charge in [0, 0.05) is 6.54 Å². The van der Waals surface area contributed by atoms with Gasteiger partial charge >= 0.3 is 0 Å². The van der Waals surface area contributed by atoms with Crippen molar-refractivity contribution in [1.82, 2.24) is 19.5 Å². The molecular formula is C8H7N5O. The molecule has 0 aromatic carbocycles. The van der Waals surface area contributed by atoms with Gasteiger partial charge in [-0.15, -0.1) is 0 Å². The average molecular weight is 189 g/mol. The van der Waals surface area contributed by atoms with Crippen molar-refractivity contribution in [3.8, 4) is 6.07 Å². The van der Waals surface area contributed by atoms with E-state index in [0.29, 0.717) is 24.1 Å². The molecule has 2 heterocycles. The first-order valence-corrected chi connectivity index (χ1v) is 4.08. The molecule has 0 aliphatic heterocycles. The Hall–Kier alpha value is -2.16. The molecule has 0 amide bonds. The summed E-state index contributed by atoms with van der Waals surface area (Å²) in [6, 6.07) is 2.02. The van der Waals surface area contributed by atoms with Gasteiger partial charge in [0.05, 0.1) is 25.1 Å². The standard InChI is InChI=1S/C8H7N5O/c9-2-1-3-13-5-12-6-7(13)10-4-11-8(6)14/h4-5H,1,3H2,(H,10,11,14). The maximum Gasteiger partial charge on any atom is 0.278 e. The summed E-state index contributed by atoms with van der Waals surface area (Å²) in [5.41, 5.74) is 0.570. The van der Waals surface area contributed by atoms with Crippen LogP contribution in [0.5, 0.6) is 0 Å². The molecule has 6 nitrogen and oxygen atoms in total. The summed E-state index contributed by atoms with van der Waals surface area (Å²) in [6.07, 6.45) is 3.22. The highest BCUT2D eigenvalue weighted by Gasteiger charge is 2.05. The number of nitriles is 1. The Morgan fingerprint density at radius 2 is 2.43 bits per heavy atom. The fourth-order valence-electron chi connectivity index (χ4n) is 1.23. The number of aromatic nitrogens is 4. The molecule has 0 unspecified atom stereocenters. The summed E-state index contributed by atoms with van der Waals surface area (Å²) in [7, 11) is 0. The van der Waals surface area contributed by atoms with Crippen molar-refractivity contribution in [2.75, 3.05) is 0 Å². The van der Waals surface area contributed by atoms with Gasteiger partial charge in [-0.1, -0.05) is 0 Å². The van der Waals surface area contributed by atoms with Gasteiger partial charge in [-0.05, 0) is 0 Å². The van der Waals surface area contributed by atoms with E-state index in [0.717, 1.165) is 0 Å². The van der Waals surface area contributed by atoms with E-state index in [4.69, 9.17) is 5.26 Å². The molecule has 14 heavy (non-hydrogen) atoms. The maximum atomic E-state index is 11.2. The predicted molar refractivity (Wildman–Crippen MR) is 48.4 cm³/mol. The Bertz CT molecular complexity index is 547. The van der Waals surface area contributed by atoms with Gasteiger partial charge in [-0.25, -0.2) is 9.97 Å². The fourth-order valence-corrected chi connectivity index (χ4v) is 1.23. The molecule has 0 fully saturated rings. The normalized spacial score (nSPS) is 10.2. The quantitative estimate of drug-likeness (QED) is 0.722. The Morgan fingerprint density at radius 1 is 1.57 bits per heavy atom. The number of aryl methyl sites for hydroxylation is 1. The van der Waals surface area contributed by atoms with Gasteiger partial charge in [0.25, 0.3) is 5.56 Å². The zero-order valence-electron chi connectivity index (χ0n) is 7.27. The van der Waals surface area contributed by atoms with Crippen molar-refractivity contribution >= 4 is 11.2 Å². The molecule has 0 aliphatic rings. The lowest BCUT2D eigenvalue weighted by Crippen LogP contribution is -2.07. The van der Waals surface area contributed by atoms with E-state index in [9.17, 15) is 4.79 Å². The highest BCUT2D eigenvalue weighted by Crippen LogP contribution is 2.03. The SMILES string of the molecule is N#CCCn1cnc2c(=O)[nH]cnc21. The molecule has 1 N–H and O–H groups in total. The highest BCUT2D eigenvalue weighted by molar-refractivity contribution is 5.68. The van der Waals surface area contributed by atoms with Crippen LogP contribution in [-0.4, -0.2) is 19.5 Å². The fraction of sp³-hybridized carbons (Fsp3) is 0.250. The van der Waals surface area contributed by atoms with Crippen LogP contribution in [0.3, 0.4) is 0 Å². The van der Waals surface area contributed by atoms with Crippen LogP contribution in [0.2, 0.25) is 0 Å². The largest absolute Gasteiger partial charge is 0.314 e. The number of hydrogen-bond donors (Lipinski definition) is 1. The summed E-state index contributed by atoms with van der Waals surface area (Å²) in [5, 5.41) is 8.42. The Kier molecular flexibility index (Phi) is 1.99. The third-order valence-electron chi connectivity index (χ3n) is 1.87. The zero-order valence-corrected chi connectivity index (χ0v) is 7.27. The van der Waals surface area contributed by atoms with E-state index in [1.807, 2.05) is 6.07 Å². The second-order valence-corrected chi connectivity index (χ2v) is 2.75. The first kappa shape index (κ1) is 8.44. The van der Waals surface area contributed by atoms with E-state index >= 15 is 0 Å². The third-order valence-corrected chi connectivity index (χ3v) is 1.87. The molecule has 0 aliphatic carbocycles. The second-order valence-electron chi connectivity index (χ2n) is 2.75. The average Bonchev–Trinajstić information content (AvgIpc) is 2.60. The summed E-state index contributed by atoms with van der Waals surface area (Å²) in [4.78, 5) is 21.6. The zero-order chi connectivity index (χ0) is 9.97. The first-order chi connectivity index (χ1) is 6.83. The van der Waals surface area contributed by atoms with E-state index < -0.39 is 0 Å². The molecule has 2 rings (SSSR count). The van der Waals surface area contributed by atoms with Gasteiger partial charge in [0.1, 0.15) is 0 Å². The van der Waals surface area contributed by atoms with Crippen LogP contribution >= 0.6 is 0 Å². The molecule has 0 spiro atoms. The number of nitrogens with one attached hydrogen (secondary N) is 1. The van der Waals surface area contributed by atoms with E-state index in [2.05, 4.69) is 15.0 Å². The minimum absolute atomic E-state index is 0.259. The third kappa shape index (κ3) is 1.25. The topological polar surface area (TPSA) is 87.4 Å². The number of H-pyrrole nitrogens is 1. The molecule has 2 aromatic rings. The molecule has 0 radical (unpaired) electrons. The Morgan fingerprint density at radius 3 is 3.21 bits per heavy atom. The van der Waals surface area contributed by atoms with Crippen LogP contribution in [-0.2, 0) is 6.54 Å². The van der Waals surface area contributed by atoms with Crippen molar-refractivity contribution < 1.29 is 0 Å². The second kappa shape index (κ2) is 3.30. The number of imidazole rings is 1. The molecule has 0 bridgehead atoms. The lowest BCUT2D eigenvalue weighted by molar-refractivity contribution is 0.729. The molecule has 6 heteroatoms. The maximum absolute atomic E-state index is 11.2. The summed E-state index contributed by atoms with van der Waals surface area (Å²) >= 11 is 0. The summed E-state index contributed by atoms with van der Waals surface area (Å²) in [6.45, 7) is 0.503. The predicted octanol–water partition coefficient (Wildman–Crippen LogP) is 0.0333. The number of nitrogens with zero attached hydrogens (tertiary/aromatic N) is 4. The molecular weight excluding hydrogens is 182 g/mol. The van der Waals surface area contributed by atoms with Crippen LogP contribution in [0.4, 0.5) is 0 Å². The van der Waals surface area contributed by atoms with Gasteiger partial charge in [-0.2, -0.15) is 5.26 Å². The Labute approximate surface area is 78.8 Å². The number of aromatic amines is 1. The number of rotatable bonds is 2. The van der Waals surface area contributed by atoms with Crippen molar-refractivity contribution in [2.45, 2.75) is 13.0 Å². The minimum Gasteiger partial charge on any atom is -0.314 e. The Balaban J connectivity index is 2.54. The summed E-state index contributed by atoms with van der Waals surface area (Å²) in [5.74, 6) is 0. The first-order valence-electron chi connectivity index (χ1n) is 4.08. The minimum atomic E-state index is -0.259. The van der Waals surface area contributed by atoms with Gasteiger partial charge in [0.15, 0.2) is 11.2 Å². The number of hydrogen-bond acceptors (Lipinski definition) is 4. The van der Waals surface area contributed by atoms with E-state index in [1.165, 1.54) is 12.7 Å². The van der Waals surface area contributed by atoms with Crippen molar-refractivity contribution in [1.29, 1.82) is 5.26 Å². The lowest BCUT2D eigenvalue weighted by atomic mass is 10.4. The molecule has 70 valence electrons. The summed E-state index contributed by atoms with van der Waals surface area (Å²) < 4.78 is 1.69. The smallest absolute Gasteiger partial charge is 0.278 e. The molecule has 2 aromatic heterocycles. The van der Waals surface area contributed by atoms with E-state index in [-0.39, 0.29) is 5.56 Å². The molecule has 0 saturated heterocycles. The van der Waals surface area contributed by atoms with Gasteiger partial charge in [-0.3, -0.25) is 4.79 Å². The van der Waals surface area contributed by atoms with Crippen molar-refractivity contribution in [2.24, 2.45) is 0 Å². The van der Waals surface area contributed by atoms with Crippen LogP contribution in [0.25, 0.3) is 11.2 Å². The number of fused-ring (bicyclic) bond motifs is 1. The van der Waals surface area contributed by atoms with Gasteiger partial charge < -0.3 is 9.55 Å². The lowest BCUT2D eigenvalue weighted by Gasteiger charge is -1.97. The molecule has 0 saturated carbocycles. The van der Waals surface area contributed by atoms with Crippen LogP contribution in [0.15, 0.2) is 17.4 Å². The van der Waals surface area contributed by atoms with Gasteiger partial charge in [0.2, 0.25) is 0 Å². The van der Waals surface area contributed by atoms with Crippen molar-refractivity contribution in [3.63, 3.8) is 0 Å². The van der Waals surface area contributed by atoms with E-state index in [1.54, 1.807) is 4.57 Å². The van der Waals surface area contributed by atoms with Crippen LogP contribution < -0.4 is 5.56 Å².